The molecule has 0 aliphatic rings. The Morgan fingerprint density at radius 3 is 2.57 bits per heavy atom. The SMILES string of the molecule is COC(=O)c1ccc(C=CCCNC(=O)OC(C)(C)C)c(N)c1. The molecule has 0 saturated heterocycles. The smallest absolute Gasteiger partial charge is 0.407 e. The van der Waals surface area contributed by atoms with Gasteiger partial charge in [-0.15, -0.1) is 0 Å². The van der Waals surface area contributed by atoms with Gasteiger partial charge in [-0.25, -0.2) is 9.59 Å². The maximum Gasteiger partial charge on any atom is 0.407 e. The van der Waals surface area contributed by atoms with Crippen molar-refractivity contribution in [3.05, 3.63) is 35.4 Å². The molecule has 1 amide bonds. The van der Waals surface area contributed by atoms with Crippen molar-refractivity contribution in [3.63, 3.8) is 0 Å². The fourth-order valence-electron chi connectivity index (χ4n) is 1.75. The van der Waals surface area contributed by atoms with Gasteiger partial charge >= 0.3 is 12.1 Å². The molecule has 0 fully saturated rings. The Morgan fingerprint density at radius 1 is 1.30 bits per heavy atom. The molecule has 0 heterocycles. The number of hydrogen-bond donors (Lipinski definition) is 2. The zero-order valence-electron chi connectivity index (χ0n) is 14.0. The number of carbonyl (C=O) groups excluding carboxylic acids is 2. The van der Waals surface area contributed by atoms with Crippen molar-refractivity contribution in [3.8, 4) is 0 Å². The van der Waals surface area contributed by atoms with Gasteiger partial charge < -0.3 is 20.5 Å². The van der Waals surface area contributed by atoms with Gasteiger partial charge in [0.05, 0.1) is 12.7 Å². The molecule has 6 heteroatoms. The molecule has 3 N–H and O–H groups in total. The molecule has 0 spiro atoms. The van der Waals surface area contributed by atoms with Gasteiger partial charge in [0.1, 0.15) is 5.60 Å². The van der Waals surface area contributed by atoms with Crippen molar-refractivity contribution >= 4 is 23.8 Å². The molecule has 1 aromatic carbocycles. The number of nitrogens with two attached hydrogens (primary N) is 1. The summed E-state index contributed by atoms with van der Waals surface area (Å²) in [6, 6.07) is 4.98. The highest BCUT2D eigenvalue weighted by Crippen LogP contribution is 2.16. The summed E-state index contributed by atoms with van der Waals surface area (Å²) >= 11 is 0. The van der Waals surface area contributed by atoms with Gasteiger partial charge in [-0.05, 0) is 44.9 Å². The number of benzene rings is 1. The van der Waals surface area contributed by atoms with Crippen LogP contribution in [-0.2, 0) is 9.47 Å². The summed E-state index contributed by atoms with van der Waals surface area (Å²) in [6.07, 6.45) is 3.93. The number of carbonyl (C=O) groups is 2. The van der Waals surface area contributed by atoms with Crippen LogP contribution in [0.1, 0.15) is 43.1 Å². The maximum absolute atomic E-state index is 11.5. The second-order valence-electron chi connectivity index (χ2n) is 5.95. The Morgan fingerprint density at radius 2 is 2.00 bits per heavy atom. The maximum atomic E-state index is 11.5. The number of methoxy groups -OCH3 is 1. The summed E-state index contributed by atoms with van der Waals surface area (Å²) < 4.78 is 9.77. The number of rotatable bonds is 5. The van der Waals surface area contributed by atoms with Gasteiger partial charge in [-0.2, -0.15) is 0 Å². The van der Waals surface area contributed by atoms with E-state index in [4.69, 9.17) is 10.5 Å². The van der Waals surface area contributed by atoms with Gasteiger partial charge in [-0.3, -0.25) is 0 Å². The first-order valence-electron chi connectivity index (χ1n) is 7.34. The fraction of sp³-hybridized carbons (Fsp3) is 0.412. The van der Waals surface area contributed by atoms with E-state index in [1.54, 1.807) is 18.2 Å². The van der Waals surface area contributed by atoms with Crippen LogP contribution in [-0.4, -0.2) is 31.3 Å². The van der Waals surface area contributed by atoms with E-state index in [1.165, 1.54) is 7.11 Å². The molecule has 0 unspecified atom stereocenters. The van der Waals surface area contributed by atoms with E-state index >= 15 is 0 Å². The Kier molecular flexibility index (Phi) is 6.63. The molecule has 1 rings (SSSR count). The predicted octanol–water partition coefficient (Wildman–Crippen LogP) is 2.98. The molecule has 0 aromatic heterocycles. The van der Waals surface area contributed by atoms with Crippen molar-refractivity contribution in [1.29, 1.82) is 0 Å². The summed E-state index contributed by atoms with van der Waals surface area (Å²) in [5.74, 6) is -0.422. The van der Waals surface area contributed by atoms with Crippen molar-refractivity contribution < 1.29 is 19.1 Å². The minimum atomic E-state index is -0.504. The minimum Gasteiger partial charge on any atom is -0.465 e. The number of amides is 1. The first kappa shape index (κ1) is 18.5. The van der Waals surface area contributed by atoms with Crippen LogP contribution in [0.15, 0.2) is 24.3 Å². The standard InChI is InChI=1S/C17H24N2O4/c1-17(2,3)23-16(21)19-10-6-5-7-12-8-9-13(11-14(12)18)15(20)22-4/h5,7-9,11H,6,10,18H2,1-4H3,(H,19,21). The Labute approximate surface area is 136 Å². The lowest BCUT2D eigenvalue weighted by molar-refractivity contribution is 0.0527. The molecule has 0 radical (unpaired) electrons. The second kappa shape index (κ2) is 8.22. The Hall–Kier alpha value is -2.50. The topological polar surface area (TPSA) is 90.6 Å². The van der Waals surface area contributed by atoms with E-state index in [0.717, 1.165) is 5.56 Å². The highest BCUT2D eigenvalue weighted by molar-refractivity contribution is 5.91. The molecule has 1 aromatic rings. The number of nitrogen functional groups attached to an aromatic ring is 1. The summed E-state index contributed by atoms with van der Waals surface area (Å²) in [7, 11) is 1.32. The molecule has 0 bridgehead atoms. The molecule has 23 heavy (non-hydrogen) atoms. The molecule has 6 nitrogen and oxygen atoms in total. The monoisotopic (exact) mass is 320 g/mol. The van der Waals surface area contributed by atoms with Crippen molar-refractivity contribution in [2.24, 2.45) is 0 Å². The summed E-state index contributed by atoms with van der Waals surface area (Å²) in [5, 5.41) is 2.67. The number of nitrogens with one attached hydrogen (secondary N) is 1. The van der Waals surface area contributed by atoms with Crippen LogP contribution >= 0.6 is 0 Å². The van der Waals surface area contributed by atoms with Crippen molar-refractivity contribution in [2.75, 3.05) is 19.4 Å². The third kappa shape index (κ3) is 6.86. The van der Waals surface area contributed by atoms with E-state index in [2.05, 4.69) is 10.1 Å². The summed E-state index contributed by atoms with van der Waals surface area (Å²) in [6.45, 7) is 5.90. The summed E-state index contributed by atoms with van der Waals surface area (Å²) in [4.78, 5) is 22.8. The Bertz CT molecular complexity index is 589. The third-order valence-electron chi connectivity index (χ3n) is 2.78. The van der Waals surface area contributed by atoms with Gasteiger partial charge in [-0.1, -0.05) is 18.2 Å². The van der Waals surface area contributed by atoms with E-state index in [0.29, 0.717) is 24.2 Å². The first-order valence-corrected chi connectivity index (χ1v) is 7.34. The number of alkyl carbamates (subject to hydrolysis) is 1. The number of hydrogen-bond acceptors (Lipinski definition) is 5. The quantitative estimate of drug-likeness (QED) is 0.494. The first-order chi connectivity index (χ1) is 10.7. The van der Waals surface area contributed by atoms with Crippen LogP contribution < -0.4 is 11.1 Å². The zero-order valence-corrected chi connectivity index (χ0v) is 14.0. The van der Waals surface area contributed by atoms with Gasteiger partial charge in [0.2, 0.25) is 0 Å². The lowest BCUT2D eigenvalue weighted by Crippen LogP contribution is -2.32. The van der Waals surface area contributed by atoms with Crippen LogP contribution in [0.2, 0.25) is 0 Å². The van der Waals surface area contributed by atoms with Crippen LogP contribution in [0, 0.1) is 0 Å². The number of ether oxygens (including phenoxy) is 2. The van der Waals surface area contributed by atoms with Crippen LogP contribution in [0.4, 0.5) is 10.5 Å². The fourth-order valence-corrected chi connectivity index (χ4v) is 1.75. The molecular weight excluding hydrogens is 296 g/mol. The van der Waals surface area contributed by atoms with E-state index in [-0.39, 0.29) is 0 Å². The lowest BCUT2D eigenvalue weighted by atomic mass is 10.1. The van der Waals surface area contributed by atoms with Crippen molar-refractivity contribution in [2.45, 2.75) is 32.8 Å². The molecule has 0 aliphatic carbocycles. The Balaban J connectivity index is 2.47. The highest BCUT2D eigenvalue weighted by Gasteiger charge is 2.15. The predicted molar refractivity (Wildman–Crippen MR) is 90.1 cm³/mol. The average Bonchev–Trinajstić information content (AvgIpc) is 2.45. The molecule has 0 aliphatic heterocycles. The normalized spacial score (nSPS) is 11.3. The van der Waals surface area contributed by atoms with E-state index in [9.17, 15) is 9.59 Å². The van der Waals surface area contributed by atoms with Gasteiger partial charge in [0.15, 0.2) is 0 Å². The molecule has 0 atom stereocenters. The average molecular weight is 320 g/mol. The molecule has 0 saturated carbocycles. The van der Waals surface area contributed by atoms with E-state index in [1.807, 2.05) is 32.9 Å². The van der Waals surface area contributed by atoms with Gasteiger partial charge in [0, 0.05) is 12.2 Å². The highest BCUT2D eigenvalue weighted by atomic mass is 16.6. The molecule has 126 valence electrons. The number of esters is 1. The summed E-state index contributed by atoms with van der Waals surface area (Å²) in [5.41, 5.74) is 7.10. The van der Waals surface area contributed by atoms with E-state index < -0.39 is 17.7 Å². The minimum absolute atomic E-state index is 0.411. The van der Waals surface area contributed by atoms with Crippen LogP contribution in [0.25, 0.3) is 6.08 Å². The zero-order chi connectivity index (χ0) is 17.5. The van der Waals surface area contributed by atoms with Crippen LogP contribution in [0.3, 0.4) is 0 Å². The lowest BCUT2D eigenvalue weighted by Gasteiger charge is -2.19. The van der Waals surface area contributed by atoms with Crippen molar-refractivity contribution in [1.82, 2.24) is 5.32 Å². The second-order valence-corrected chi connectivity index (χ2v) is 5.95. The number of anilines is 1. The largest absolute Gasteiger partial charge is 0.465 e. The van der Waals surface area contributed by atoms with Gasteiger partial charge in [0.25, 0.3) is 0 Å². The third-order valence-corrected chi connectivity index (χ3v) is 2.78. The molecular formula is C17H24N2O4. The van der Waals surface area contributed by atoms with Crippen LogP contribution in [0.5, 0.6) is 0 Å².